The van der Waals surface area contributed by atoms with E-state index in [9.17, 15) is 9.59 Å². The third-order valence-corrected chi connectivity index (χ3v) is 7.18. The lowest BCUT2D eigenvalue weighted by Gasteiger charge is -2.26. The average Bonchev–Trinajstić information content (AvgIpc) is 2.90. The number of carbonyl (C=O) groups is 2. The Hall–Kier alpha value is -3.60. The molecule has 0 spiro atoms. The molecule has 0 fully saturated rings. The van der Waals surface area contributed by atoms with Crippen molar-refractivity contribution in [2.45, 2.75) is 31.7 Å². The molecule has 188 valence electrons. The van der Waals surface area contributed by atoms with Crippen molar-refractivity contribution in [1.29, 1.82) is 0 Å². The summed E-state index contributed by atoms with van der Waals surface area (Å²) in [5.41, 5.74) is 5.34. The maximum absolute atomic E-state index is 12.9. The second-order valence-corrected chi connectivity index (χ2v) is 9.90. The zero-order chi connectivity index (χ0) is 26.4. The van der Waals surface area contributed by atoms with Crippen LogP contribution in [0.1, 0.15) is 39.9 Å². The highest BCUT2D eigenvalue weighted by Crippen LogP contribution is 2.30. The minimum Gasteiger partial charge on any atom is -0.478 e. The highest BCUT2D eigenvalue weighted by molar-refractivity contribution is 6.42. The number of amides is 1. The molecule has 4 nitrogen and oxygen atoms in total. The summed E-state index contributed by atoms with van der Waals surface area (Å²) in [5, 5.41) is 13.2. The van der Waals surface area contributed by atoms with Crippen molar-refractivity contribution in [2.75, 3.05) is 0 Å². The summed E-state index contributed by atoms with van der Waals surface area (Å²) >= 11 is 12.4. The zero-order valence-electron chi connectivity index (χ0n) is 20.3. The molecule has 37 heavy (non-hydrogen) atoms. The Balaban J connectivity index is 1.54. The summed E-state index contributed by atoms with van der Waals surface area (Å²) in [6.07, 6.45) is 0.826. The number of aromatic carboxylic acids is 1. The molecule has 4 rings (SSSR count). The molecule has 0 radical (unpaired) electrons. The lowest BCUT2D eigenvalue weighted by molar-refractivity contribution is -0.121. The molecule has 4 aromatic rings. The number of nitrogens with one attached hydrogen (secondary N) is 1. The van der Waals surface area contributed by atoms with Crippen molar-refractivity contribution >= 4 is 35.1 Å². The van der Waals surface area contributed by atoms with Gasteiger partial charge in [0.15, 0.2) is 0 Å². The van der Waals surface area contributed by atoms with Crippen molar-refractivity contribution in [2.24, 2.45) is 0 Å². The zero-order valence-corrected chi connectivity index (χ0v) is 21.8. The molecule has 2 N–H and O–H groups in total. The van der Waals surface area contributed by atoms with E-state index in [4.69, 9.17) is 28.3 Å². The summed E-state index contributed by atoms with van der Waals surface area (Å²) in [6.45, 7) is 2.00. The van der Waals surface area contributed by atoms with Gasteiger partial charge in [-0.05, 0) is 65.4 Å². The fourth-order valence-corrected chi connectivity index (χ4v) is 4.73. The Morgan fingerprint density at radius 2 is 1.41 bits per heavy atom. The second kappa shape index (κ2) is 12.1. The molecule has 1 amide bonds. The maximum atomic E-state index is 12.9. The van der Waals surface area contributed by atoms with Crippen LogP contribution >= 0.6 is 23.2 Å². The molecule has 0 bridgehead atoms. The number of rotatable bonds is 9. The topological polar surface area (TPSA) is 66.4 Å². The van der Waals surface area contributed by atoms with Gasteiger partial charge >= 0.3 is 5.97 Å². The highest BCUT2D eigenvalue weighted by Gasteiger charge is 2.22. The van der Waals surface area contributed by atoms with Crippen LogP contribution in [0.4, 0.5) is 0 Å². The van der Waals surface area contributed by atoms with Crippen molar-refractivity contribution < 1.29 is 14.7 Å². The maximum Gasteiger partial charge on any atom is 0.335 e. The third-order valence-electron chi connectivity index (χ3n) is 6.44. The first-order valence-electron chi connectivity index (χ1n) is 12.0. The van der Waals surface area contributed by atoms with Gasteiger partial charge in [0.2, 0.25) is 5.91 Å². The van der Waals surface area contributed by atoms with E-state index in [-0.39, 0.29) is 29.9 Å². The summed E-state index contributed by atoms with van der Waals surface area (Å²) < 4.78 is 0. The molecule has 0 aliphatic heterocycles. The summed E-state index contributed by atoms with van der Waals surface area (Å²) in [7, 11) is 0. The molecule has 2 atom stereocenters. The fraction of sp³-hybridized carbons (Fsp3) is 0.161. The van der Waals surface area contributed by atoms with Gasteiger partial charge in [-0.1, -0.05) is 96.0 Å². The van der Waals surface area contributed by atoms with Gasteiger partial charge in [-0.25, -0.2) is 4.79 Å². The number of hydrogen-bond donors (Lipinski definition) is 2. The molecular weight excluding hydrogens is 505 g/mol. The lowest BCUT2D eigenvalue weighted by atomic mass is 9.85. The quantitative estimate of drug-likeness (QED) is 0.236. The van der Waals surface area contributed by atoms with Crippen LogP contribution in [0.5, 0.6) is 0 Å². The van der Waals surface area contributed by atoms with E-state index in [1.54, 1.807) is 18.2 Å². The van der Waals surface area contributed by atoms with Gasteiger partial charge in [0.05, 0.1) is 22.0 Å². The third kappa shape index (κ3) is 7.00. The van der Waals surface area contributed by atoms with Crippen molar-refractivity contribution in [3.63, 3.8) is 0 Å². The number of carbonyl (C=O) groups excluding carboxylic acids is 1. The first kappa shape index (κ1) is 26.5. The lowest BCUT2D eigenvalue weighted by Crippen LogP contribution is -2.38. The molecular formula is C31H27Cl2NO3. The average molecular weight is 532 g/mol. The van der Waals surface area contributed by atoms with E-state index in [1.807, 2.05) is 37.3 Å². The van der Waals surface area contributed by atoms with Gasteiger partial charge < -0.3 is 10.4 Å². The van der Waals surface area contributed by atoms with E-state index in [0.717, 1.165) is 27.8 Å². The number of benzene rings is 4. The molecule has 2 unspecified atom stereocenters. The summed E-state index contributed by atoms with van der Waals surface area (Å²) in [5.74, 6) is -1.14. The SMILES string of the molecule is CC(NC(=O)Cc1ccc(C(=O)O)cc1)C(Cc1ccc(Cl)c(Cl)c1)c1ccc(-c2ccccc2)cc1. The van der Waals surface area contributed by atoms with E-state index < -0.39 is 5.97 Å². The van der Waals surface area contributed by atoms with Crippen LogP contribution < -0.4 is 5.32 Å². The number of hydrogen-bond acceptors (Lipinski definition) is 2. The molecule has 0 aromatic heterocycles. The molecule has 0 aliphatic rings. The van der Waals surface area contributed by atoms with Crippen LogP contribution in [-0.2, 0) is 17.6 Å². The molecule has 0 saturated carbocycles. The van der Waals surface area contributed by atoms with Gasteiger partial charge in [-0.3, -0.25) is 4.79 Å². The van der Waals surface area contributed by atoms with Crippen LogP contribution in [-0.4, -0.2) is 23.0 Å². The smallest absolute Gasteiger partial charge is 0.335 e. The second-order valence-electron chi connectivity index (χ2n) is 9.08. The van der Waals surface area contributed by atoms with Crippen LogP contribution in [0.15, 0.2) is 97.1 Å². The predicted octanol–water partition coefficient (Wildman–Crippen LogP) is 7.43. The Morgan fingerprint density at radius 3 is 2.03 bits per heavy atom. The largest absolute Gasteiger partial charge is 0.478 e. The van der Waals surface area contributed by atoms with Crippen LogP contribution in [0.3, 0.4) is 0 Å². The van der Waals surface area contributed by atoms with Crippen LogP contribution in [0.2, 0.25) is 10.0 Å². The Morgan fingerprint density at radius 1 is 0.784 bits per heavy atom. The predicted molar refractivity (Wildman–Crippen MR) is 149 cm³/mol. The minimum absolute atomic E-state index is 0.0135. The molecule has 6 heteroatoms. The van der Waals surface area contributed by atoms with Gasteiger partial charge in [0.1, 0.15) is 0 Å². The van der Waals surface area contributed by atoms with Crippen molar-refractivity contribution in [3.8, 4) is 11.1 Å². The Kier molecular flexibility index (Phi) is 8.65. The fourth-order valence-electron chi connectivity index (χ4n) is 4.41. The summed E-state index contributed by atoms with van der Waals surface area (Å²) in [6, 6.07) is 30.4. The van der Waals surface area contributed by atoms with E-state index in [2.05, 4.69) is 41.7 Å². The monoisotopic (exact) mass is 531 g/mol. The standard InChI is InChI=1S/C31H27Cl2NO3/c1-20(34-30(35)19-21-7-10-26(11-8-21)31(36)37)27(17-22-9-16-28(32)29(33)18-22)25-14-12-24(13-15-25)23-5-3-2-4-6-23/h2-16,18,20,27H,17,19H2,1H3,(H,34,35)(H,36,37). The Labute approximate surface area is 226 Å². The van der Waals surface area contributed by atoms with Gasteiger partial charge in [0, 0.05) is 12.0 Å². The number of carboxylic acids is 1. The summed E-state index contributed by atoms with van der Waals surface area (Å²) in [4.78, 5) is 24.0. The molecule has 0 saturated heterocycles. The molecule has 0 heterocycles. The van der Waals surface area contributed by atoms with Gasteiger partial charge in [-0.15, -0.1) is 0 Å². The number of carboxylic acid groups (broad SMARTS) is 1. The van der Waals surface area contributed by atoms with Crippen molar-refractivity contribution in [1.82, 2.24) is 5.32 Å². The minimum atomic E-state index is -0.993. The first-order valence-corrected chi connectivity index (χ1v) is 12.8. The van der Waals surface area contributed by atoms with Crippen LogP contribution in [0, 0.1) is 0 Å². The Bertz CT molecular complexity index is 1370. The van der Waals surface area contributed by atoms with Gasteiger partial charge in [-0.2, -0.15) is 0 Å². The highest BCUT2D eigenvalue weighted by atomic mass is 35.5. The molecule has 0 aliphatic carbocycles. The van der Waals surface area contributed by atoms with E-state index in [0.29, 0.717) is 16.5 Å². The van der Waals surface area contributed by atoms with Crippen LogP contribution in [0.25, 0.3) is 11.1 Å². The van der Waals surface area contributed by atoms with Gasteiger partial charge in [0.25, 0.3) is 0 Å². The van der Waals surface area contributed by atoms with Crippen molar-refractivity contribution in [3.05, 3.63) is 129 Å². The molecule has 4 aromatic carbocycles. The normalized spacial score (nSPS) is 12.5. The van der Waals surface area contributed by atoms with E-state index in [1.165, 1.54) is 12.1 Å². The first-order chi connectivity index (χ1) is 17.8. The van der Waals surface area contributed by atoms with E-state index >= 15 is 0 Å². The number of halogens is 2.